The van der Waals surface area contributed by atoms with Crippen molar-refractivity contribution in [3.63, 3.8) is 0 Å². The molecule has 3 heterocycles. The van der Waals surface area contributed by atoms with Gasteiger partial charge in [0.2, 0.25) is 11.9 Å². The number of anilines is 1. The first kappa shape index (κ1) is 15.9. The molecule has 1 aromatic heterocycles. The number of hydrogen-bond donors (Lipinski definition) is 1. The molecule has 1 atom stereocenters. The fourth-order valence-corrected chi connectivity index (χ4v) is 3.87. The summed E-state index contributed by atoms with van der Waals surface area (Å²) in [6.45, 7) is 3.26. The van der Waals surface area contributed by atoms with E-state index in [-0.39, 0.29) is 17.6 Å². The van der Waals surface area contributed by atoms with Gasteiger partial charge in [-0.05, 0) is 12.1 Å². The minimum atomic E-state index is -0.243. The van der Waals surface area contributed by atoms with Crippen molar-refractivity contribution in [3.05, 3.63) is 48.3 Å². The average Bonchev–Trinajstić information content (AvgIpc) is 2.63. The van der Waals surface area contributed by atoms with Gasteiger partial charge in [-0.15, -0.1) is 0 Å². The molecule has 0 saturated carbocycles. The van der Waals surface area contributed by atoms with Gasteiger partial charge in [-0.3, -0.25) is 4.79 Å². The molecule has 2 aromatic rings. The number of rotatable bonds is 2. The van der Waals surface area contributed by atoms with Crippen LogP contribution in [0.3, 0.4) is 0 Å². The topological polar surface area (TPSA) is 67.4 Å². The number of ether oxygens (including phenoxy) is 1. The number of nitrogens with zero attached hydrogens (tertiary/aromatic N) is 3. The smallest absolute Gasteiger partial charge is 0.225 e. The molecule has 1 amide bonds. The Hall–Kier alpha value is -2.63. The normalized spacial score (nSPS) is 21.3. The number of nitrogens with one attached hydrogen (secondary N) is 1. The third-order valence-electron chi connectivity index (χ3n) is 5.08. The summed E-state index contributed by atoms with van der Waals surface area (Å²) in [6, 6.07) is 9.84. The van der Waals surface area contributed by atoms with Crippen LogP contribution < -0.4 is 15.0 Å². The summed E-state index contributed by atoms with van der Waals surface area (Å²) in [5.74, 6) is 1.65. The number of fused-ring (bicyclic) bond motifs is 1. The highest BCUT2D eigenvalue weighted by Crippen LogP contribution is 2.44. The van der Waals surface area contributed by atoms with Crippen molar-refractivity contribution in [1.29, 1.82) is 0 Å². The first-order chi connectivity index (χ1) is 12.2. The Balaban J connectivity index is 1.54. The maximum atomic E-state index is 11.7. The van der Waals surface area contributed by atoms with Gasteiger partial charge in [-0.2, -0.15) is 0 Å². The van der Waals surface area contributed by atoms with Crippen LogP contribution in [0.1, 0.15) is 37.8 Å². The van der Waals surface area contributed by atoms with Crippen LogP contribution in [0.2, 0.25) is 0 Å². The van der Waals surface area contributed by atoms with E-state index in [0.717, 1.165) is 49.6 Å². The van der Waals surface area contributed by atoms with Crippen molar-refractivity contribution in [2.45, 2.75) is 37.8 Å². The van der Waals surface area contributed by atoms with Gasteiger partial charge in [0.25, 0.3) is 0 Å². The zero-order chi connectivity index (χ0) is 17.3. The maximum absolute atomic E-state index is 11.7. The molecule has 1 N–H and O–H groups in total. The third-order valence-corrected chi connectivity index (χ3v) is 5.08. The molecule has 130 valence electrons. The van der Waals surface area contributed by atoms with E-state index in [1.54, 1.807) is 19.3 Å². The van der Waals surface area contributed by atoms with Gasteiger partial charge in [0.15, 0.2) is 0 Å². The predicted octanol–water partition coefficient (Wildman–Crippen LogP) is 2.48. The Morgan fingerprint density at radius 3 is 2.64 bits per heavy atom. The quantitative estimate of drug-likeness (QED) is 0.911. The molecule has 4 rings (SSSR count). The molecule has 25 heavy (non-hydrogen) atoms. The number of amides is 1. The molecule has 1 saturated heterocycles. The fourth-order valence-electron chi connectivity index (χ4n) is 3.87. The average molecular weight is 338 g/mol. The summed E-state index contributed by atoms with van der Waals surface area (Å²) in [6.07, 6.45) is 6.11. The van der Waals surface area contributed by atoms with Crippen LogP contribution in [0.5, 0.6) is 5.75 Å². The molecule has 0 radical (unpaired) electrons. The Kier molecular flexibility index (Phi) is 4.03. The second-order valence-corrected chi connectivity index (χ2v) is 6.82. The maximum Gasteiger partial charge on any atom is 0.225 e. The third kappa shape index (κ3) is 3.16. The van der Waals surface area contributed by atoms with Gasteiger partial charge in [-0.25, -0.2) is 9.97 Å². The molecular weight excluding hydrogens is 316 g/mol. The van der Waals surface area contributed by atoms with Gasteiger partial charge in [-0.1, -0.05) is 18.2 Å². The van der Waals surface area contributed by atoms with E-state index in [0.29, 0.717) is 0 Å². The summed E-state index contributed by atoms with van der Waals surface area (Å²) in [4.78, 5) is 22.5. The number of para-hydroxylation sites is 1. The van der Waals surface area contributed by atoms with Crippen LogP contribution in [0.25, 0.3) is 0 Å². The van der Waals surface area contributed by atoms with E-state index in [9.17, 15) is 4.79 Å². The molecule has 1 unspecified atom stereocenters. The Morgan fingerprint density at radius 1 is 1.20 bits per heavy atom. The highest BCUT2D eigenvalue weighted by Gasteiger charge is 2.43. The van der Waals surface area contributed by atoms with Crippen molar-refractivity contribution in [2.75, 3.05) is 18.0 Å². The second kappa shape index (κ2) is 6.35. The standard InChI is InChI=1S/C19H22N4O2/c1-14(24)22-16-13-19(25-17-6-3-2-5-15(16)17)7-11-23(12-8-19)18-20-9-4-10-21-18/h2-6,9-10,16H,7-8,11-13H2,1H3,(H,22,24). The van der Waals surface area contributed by atoms with Crippen molar-refractivity contribution in [2.24, 2.45) is 0 Å². The SMILES string of the molecule is CC(=O)NC1CC2(CCN(c3ncccn3)CC2)Oc2ccccc21. The summed E-state index contributed by atoms with van der Waals surface area (Å²) >= 11 is 0. The Bertz CT molecular complexity index is 757. The van der Waals surface area contributed by atoms with Gasteiger partial charge >= 0.3 is 0 Å². The highest BCUT2D eigenvalue weighted by atomic mass is 16.5. The van der Waals surface area contributed by atoms with Gasteiger partial charge in [0.1, 0.15) is 11.4 Å². The van der Waals surface area contributed by atoms with Crippen LogP contribution in [0.4, 0.5) is 5.95 Å². The lowest BCUT2D eigenvalue weighted by Gasteiger charge is -2.46. The lowest BCUT2D eigenvalue weighted by atomic mass is 9.80. The highest BCUT2D eigenvalue weighted by molar-refractivity contribution is 5.73. The monoisotopic (exact) mass is 338 g/mol. The largest absolute Gasteiger partial charge is 0.487 e. The molecule has 1 fully saturated rings. The minimum Gasteiger partial charge on any atom is -0.487 e. The zero-order valence-electron chi connectivity index (χ0n) is 14.3. The van der Waals surface area contributed by atoms with E-state index >= 15 is 0 Å². The van der Waals surface area contributed by atoms with Gasteiger partial charge in [0, 0.05) is 57.2 Å². The van der Waals surface area contributed by atoms with Crippen LogP contribution >= 0.6 is 0 Å². The lowest BCUT2D eigenvalue weighted by Crippen LogP contribution is -2.52. The minimum absolute atomic E-state index is 0.00183. The molecule has 0 aliphatic carbocycles. The van der Waals surface area contributed by atoms with E-state index in [2.05, 4.69) is 20.2 Å². The zero-order valence-corrected chi connectivity index (χ0v) is 14.3. The van der Waals surface area contributed by atoms with E-state index in [1.807, 2.05) is 30.3 Å². The summed E-state index contributed by atoms with van der Waals surface area (Å²) < 4.78 is 6.44. The summed E-state index contributed by atoms with van der Waals surface area (Å²) in [7, 11) is 0. The van der Waals surface area contributed by atoms with Gasteiger partial charge < -0.3 is 15.0 Å². The van der Waals surface area contributed by atoms with Crippen LogP contribution in [0, 0.1) is 0 Å². The van der Waals surface area contributed by atoms with Crippen molar-refractivity contribution >= 4 is 11.9 Å². The number of piperidine rings is 1. The molecule has 6 heteroatoms. The van der Waals surface area contributed by atoms with E-state index in [1.165, 1.54) is 0 Å². The van der Waals surface area contributed by atoms with Crippen molar-refractivity contribution in [3.8, 4) is 5.75 Å². The number of benzene rings is 1. The molecule has 1 aromatic carbocycles. The molecular formula is C19H22N4O2. The number of hydrogen-bond acceptors (Lipinski definition) is 5. The van der Waals surface area contributed by atoms with E-state index in [4.69, 9.17) is 4.74 Å². The Morgan fingerprint density at radius 2 is 1.92 bits per heavy atom. The first-order valence-corrected chi connectivity index (χ1v) is 8.72. The fraction of sp³-hybridized carbons (Fsp3) is 0.421. The first-order valence-electron chi connectivity index (χ1n) is 8.72. The number of aromatic nitrogens is 2. The van der Waals surface area contributed by atoms with Crippen LogP contribution in [-0.4, -0.2) is 34.6 Å². The van der Waals surface area contributed by atoms with Crippen molar-refractivity contribution < 1.29 is 9.53 Å². The summed E-state index contributed by atoms with van der Waals surface area (Å²) in [5, 5.41) is 3.10. The molecule has 0 bridgehead atoms. The van der Waals surface area contributed by atoms with Crippen molar-refractivity contribution in [1.82, 2.24) is 15.3 Å². The molecule has 1 spiro atoms. The van der Waals surface area contributed by atoms with Crippen LogP contribution in [0.15, 0.2) is 42.7 Å². The predicted molar refractivity (Wildman–Crippen MR) is 94.5 cm³/mol. The lowest BCUT2D eigenvalue weighted by molar-refractivity contribution is -0.120. The number of carbonyl (C=O) groups excluding carboxylic acids is 1. The number of carbonyl (C=O) groups is 1. The second-order valence-electron chi connectivity index (χ2n) is 6.82. The molecule has 2 aliphatic heterocycles. The molecule has 2 aliphatic rings. The van der Waals surface area contributed by atoms with Crippen LogP contribution in [-0.2, 0) is 4.79 Å². The Labute approximate surface area is 147 Å². The summed E-state index contributed by atoms with van der Waals surface area (Å²) in [5.41, 5.74) is 0.823. The van der Waals surface area contributed by atoms with E-state index < -0.39 is 0 Å². The molecule has 6 nitrogen and oxygen atoms in total. The van der Waals surface area contributed by atoms with Gasteiger partial charge in [0.05, 0.1) is 6.04 Å².